The van der Waals surface area contributed by atoms with Gasteiger partial charge in [-0.05, 0) is 32.8 Å². The molecular weight excluding hydrogens is 346 g/mol. The molecule has 27 heavy (non-hydrogen) atoms. The molecule has 2 N–H and O–H groups in total. The van der Waals surface area contributed by atoms with Crippen LogP contribution in [0.25, 0.3) is 0 Å². The number of hydrogen-bond acceptors (Lipinski definition) is 5. The van der Waals surface area contributed by atoms with Crippen LogP contribution >= 0.6 is 0 Å². The van der Waals surface area contributed by atoms with Crippen LogP contribution in [0.4, 0.5) is 5.82 Å². The number of rotatable bonds is 5. The van der Waals surface area contributed by atoms with E-state index >= 15 is 0 Å². The van der Waals surface area contributed by atoms with Gasteiger partial charge in [0.05, 0.1) is 5.69 Å². The molecule has 3 heterocycles. The Labute approximate surface area is 158 Å². The Morgan fingerprint density at radius 1 is 1.26 bits per heavy atom. The molecule has 2 aromatic rings. The highest BCUT2D eigenvalue weighted by Gasteiger charge is 2.42. The highest BCUT2D eigenvalue weighted by atomic mass is 16.2. The number of carbonyl (C=O) groups is 2. The van der Waals surface area contributed by atoms with Crippen LogP contribution in [0, 0.1) is 6.92 Å². The van der Waals surface area contributed by atoms with E-state index in [-0.39, 0.29) is 11.8 Å². The van der Waals surface area contributed by atoms with Crippen molar-refractivity contribution in [1.82, 2.24) is 29.8 Å². The third-order valence-corrected chi connectivity index (χ3v) is 5.07. The number of carbonyl (C=O) groups excluding carboxylic acids is 2. The van der Waals surface area contributed by atoms with Crippen LogP contribution in [-0.4, -0.2) is 62.0 Å². The van der Waals surface area contributed by atoms with Gasteiger partial charge in [0.15, 0.2) is 0 Å². The molecule has 1 aliphatic heterocycles. The number of nitrogens with one attached hydrogen (secondary N) is 2. The molecule has 9 nitrogen and oxygen atoms in total. The molecule has 1 fully saturated rings. The minimum atomic E-state index is -0.777. The van der Waals surface area contributed by atoms with Crippen molar-refractivity contribution in [2.24, 2.45) is 7.05 Å². The molecule has 2 aromatic heterocycles. The summed E-state index contributed by atoms with van der Waals surface area (Å²) < 4.78 is 3.41. The van der Waals surface area contributed by atoms with Crippen LogP contribution in [0.15, 0.2) is 18.3 Å². The van der Waals surface area contributed by atoms with E-state index in [0.717, 1.165) is 5.69 Å². The van der Waals surface area contributed by atoms with Gasteiger partial charge in [-0.3, -0.25) is 19.0 Å². The van der Waals surface area contributed by atoms with Crippen molar-refractivity contribution >= 4 is 17.6 Å². The quantitative estimate of drug-likeness (QED) is 0.807. The van der Waals surface area contributed by atoms with Gasteiger partial charge in [-0.15, -0.1) is 0 Å². The molecule has 0 radical (unpaired) electrons. The second-order valence-electron chi connectivity index (χ2n) is 6.94. The molecule has 0 aromatic carbocycles. The molecule has 0 aliphatic carbocycles. The Morgan fingerprint density at radius 2 is 1.96 bits per heavy atom. The van der Waals surface area contributed by atoms with Crippen LogP contribution in [0.2, 0.25) is 0 Å². The van der Waals surface area contributed by atoms with Crippen LogP contribution in [0.3, 0.4) is 0 Å². The third kappa shape index (κ3) is 3.67. The summed E-state index contributed by atoms with van der Waals surface area (Å²) in [6.07, 6.45) is 2.84. The Balaban J connectivity index is 1.75. The lowest BCUT2D eigenvalue weighted by atomic mass is 9.86. The molecule has 0 saturated carbocycles. The van der Waals surface area contributed by atoms with Crippen LogP contribution in [0.5, 0.6) is 0 Å². The summed E-state index contributed by atoms with van der Waals surface area (Å²) in [7, 11) is 3.46. The summed E-state index contributed by atoms with van der Waals surface area (Å²) in [5, 5.41) is 14.7. The number of piperidine rings is 1. The number of amides is 2. The summed E-state index contributed by atoms with van der Waals surface area (Å²) in [6.45, 7) is 5.46. The fourth-order valence-corrected chi connectivity index (χ4v) is 3.59. The van der Waals surface area contributed by atoms with E-state index in [1.807, 2.05) is 39.2 Å². The number of nitrogens with zero attached hydrogens (tertiary/aromatic N) is 5. The van der Waals surface area contributed by atoms with Crippen molar-refractivity contribution in [2.45, 2.75) is 38.8 Å². The number of likely N-dealkylation sites (N-methyl/N-ethyl adjacent to an activating group) is 1. The standard InChI is InChI=1S/C18H27N7O2/c1-5-25-14(12-13(2)21-25)16(26)24-10-7-18(8-11-24,17(27)19-3)20-15-6-9-23(4)22-15/h6,9,12H,5,7-8,10-11H2,1-4H3,(H,19,27)(H,20,22). The zero-order valence-corrected chi connectivity index (χ0v) is 16.3. The summed E-state index contributed by atoms with van der Waals surface area (Å²) in [4.78, 5) is 27.4. The van der Waals surface area contributed by atoms with Gasteiger partial charge < -0.3 is 15.5 Å². The molecule has 3 rings (SSSR count). The minimum Gasteiger partial charge on any atom is -0.357 e. The second-order valence-corrected chi connectivity index (χ2v) is 6.94. The Morgan fingerprint density at radius 3 is 2.52 bits per heavy atom. The Bertz CT molecular complexity index is 831. The van der Waals surface area contributed by atoms with Gasteiger partial charge in [-0.2, -0.15) is 10.2 Å². The first kappa shape index (κ1) is 18.9. The number of aromatic nitrogens is 4. The predicted molar refractivity (Wildman–Crippen MR) is 101 cm³/mol. The molecule has 9 heteroatoms. The average molecular weight is 373 g/mol. The van der Waals surface area contributed by atoms with Crippen molar-refractivity contribution in [3.05, 3.63) is 29.7 Å². The molecule has 0 atom stereocenters. The van der Waals surface area contributed by atoms with E-state index < -0.39 is 5.54 Å². The summed E-state index contributed by atoms with van der Waals surface area (Å²) in [5.41, 5.74) is 0.648. The van der Waals surface area contributed by atoms with Crippen molar-refractivity contribution in [3.8, 4) is 0 Å². The monoisotopic (exact) mass is 373 g/mol. The maximum atomic E-state index is 12.9. The lowest BCUT2D eigenvalue weighted by Crippen LogP contribution is -2.58. The topological polar surface area (TPSA) is 97.1 Å². The normalized spacial score (nSPS) is 16.2. The zero-order valence-electron chi connectivity index (χ0n) is 16.3. The first-order valence-electron chi connectivity index (χ1n) is 9.22. The second kappa shape index (κ2) is 7.42. The van der Waals surface area contributed by atoms with Crippen molar-refractivity contribution in [1.29, 1.82) is 0 Å². The maximum Gasteiger partial charge on any atom is 0.272 e. The smallest absolute Gasteiger partial charge is 0.272 e. The van der Waals surface area contributed by atoms with Crippen molar-refractivity contribution < 1.29 is 9.59 Å². The van der Waals surface area contributed by atoms with E-state index in [1.54, 1.807) is 21.3 Å². The lowest BCUT2D eigenvalue weighted by Gasteiger charge is -2.40. The first-order valence-corrected chi connectivity index (χ1v) is 9.22. The fraction of sp³-hybridized carbons (Fsp3) is 0.556. The largest absolute Gasteiger partial charge is 0.357 e. The fourth-order valence-electron chi connectivity index (χ4n) is 3.59. The van der Waals surface area contributed by atoms with Gasteiger partial charge in [0.1, 0.15) is 17.1 Å². The molecule has 0 spiro atoms. The lowest BCUT2D eigenvalue weighted by molar-refractivity contribution is -0.126. The van der Waals surface area contributed by atoms with Crippen LogP contribution in [-0.2, 0) is 18.4 Å². The summed E-state index contributed by atoms with van der Waals surface area (Å²) in [5.74, 6) is 0.524. The van der Waals surface area contributed by atoms with Gasteiger partial charge in [-0.1, -0.05) is 0 Å². The van der Waals surface area contributed by atoms with E-state index in [9.17, 15) is 9.59 Å². The highest BCUT2D eigenvalue weighted by Crippen LogP contribution is 2.28. The SMILES string of the molecule is CCn1nc(C)cc1C(=O)N1CCC(Nc2ccn(C)n2)(C(=O)NC)CC1. The van der Waals surface area contributed by atoms with Crippen molar-refractivity contribution in [3.63, 3.8) is 0 Å². The highest BCUT2D eigenvalue weighted by molar-refractivity contribution is 5.94. The first-order chi connectivity index (χ1) is 12.9. The molecule has 0 bridgehead atoms. The van der Waals surface area contributed by atoms with Gasteiger partial charge in [0, 0.05) is 46.0 Å². The summed E-state index contributed by atoms with van der Waals surface area (Å²) in [6, 6.07) is 3.66. The zero-order chi connectivity index (χ0) is 19.6. The third-order valence-electron chi connectivity index (χ3n) is 5.07. The molecule has 1 aliphatic rings. The van der Waals surface area contributed by atoms with E-state index in [0.29, 0.717) is 44.0 Å². The van der Waals surface area contributed by atoms with Crippen molar-refractivity contribution in [2.75, 3.05) is 25.5 Å². The van der Waals surface area contributed by atoms with Gasteiger partial charge >= 0.3 is 0 Å². The van der Waals surface area contributed by atoms with Gasteiger partial charge in [-0.25, -0.2) is 0 Å². The molecular formula is C18H27N7O2. The predicted octanol–water partition coefficient (Wildman–Crippen LogP) is 0.778. The van der Waals surface area contributed by atoms with Crippen LogP contribution < -0.4 is 10.6 Å². The van der Waals surface area contributed by atoms with Gasteiger partial charge in [0.25, 0.3) is 5.91 Å². The van der Waals surface area contributed by atoms with Gasteiger partial charge in [0.2, 0.25) is 5.91 Å². The maximum absolute atomic E-state index is 12.9. The van der Waals surface area contributed by atoms with Crippen LogP contribution in [0.1, 0.15) is 35.9 Å². The van der Waals surface area contributed by atoms with E-state index in [2.05, 4.69) is 20.8 Å². The average Bonchev–Trinajstić information content (AvgIpc) is 3.25. The molecule has 146 valence electrons. The van der Waals surface area contributed by atoms with E-state index in [4.69, 9.17) is 0 Å². The Kier molecular flexibility index (Phi) is 5.20. The van der Waals surface area contributed by atoms with E-state index in [1.165, 1.54) is 0 Å². The molecule has 2 amide bonds. The number of hydrogen-bond donors (Lipinski definition) is 2. The molecule has 0 unspecified atom stereocenters. The number of aryl methyl sites for hydroxylation is 3. The minimum absolute atomic E-state index is 0.0409. The Hall–Kier alpha value is -2.84. The number of anilines is 1. The number of likely N-dealkylation sites (tertiary alicyclic amines) is 1. The summed E-state index contributed by atoms with van der Waals surface area (Å²) >= 11 is 0. The molecule has 1 saturated heterocycles.